The van der Waals surface area contributed by atoms with Gasteiger partial charge in [-0.3, -0.25) is 14.4 Å². The third-order valence-electron chi connectivity index (χ3n) is 5.92. The molecule has 0 atom stereocenters. The summed E-state index contributed by atoms with van der Waals surface area (Å²) in [6.07, 6.45) is 1.63. The lowest BCUT2D eigenvalue weighted by molar-refractivity contribution is -0.114. The van der Waals surface area contributed by atoms with Crippen molar-refractivity contribution in [3.63, 3.8) is 0 Å². The summed E-state index contributed by atoms with van der Waals surface area (Å²) in [5.41, 5.74) is 3.24. The fourth-order valence-electron chi connectivity index (χ4n) is 3.77. The van der Waals surface area contributed by atoms with Crippen molar-refractivity contribution in [1.82, 2.24) is 5.32 Å². The van der Waals surface area contributed by atoms with Gasteiger partial charge >= 0.3 is 0 Å². The van der Waals surface area contributed by atoms with Crippen LogP contribution in [0.2, 0.25) is 10.0 Å². The van der Waals surface area contributed by atoms with Crippen molar-refractivity contribution in [2.24, 2.45) is 0 Å². The van der Waals surface area contributed by atoms with Crippen LogP contribution in [-0.2, 0) is 9.59 Å². The van der Waals surface area contributed by atoms with Gasteiger partial charge in [0, 0.05) is 41.0 Å². The summed E-state index contributed by atoms with van der Waals surface area (Å²) in [6.45, 7) is 0. The Morgan fingerprint density at radius 2 is 1.57 bits per heavy atom. The molecule has 0 radical (unpaired) electrons. The molecule has 4 aromatic rings. The van der Waals surface area contributed by atoms with Crippen molar-refractivity contribution in [3.05, 3.63) is 124 Å². The molecule has 3 amide bonds. The lowest BCUT2D eigenvalue weighted by Gasteiger charge is -2.14. The number of benzene rings is 4. The second kappa shape index (κ2) is 14.6. The van der Waals surface area contributed by atoms with Gasteiger partial charge in [0.1, 0.15) is 5.70 Å². The molecule has 3 N–H and O–H groups in total. The van der Waals surface area contributed by atoms with E-state index in [0.717, 1.165) is 16.1 Å². The molecular formula is C32H28Cl2N4O3S. The predicted molar refractivity (Wildman–Crippen MR) is 174 cm³/mol. The molecule has 4 rings (SSSR count). The number of hydrogen-bond donors (Lipinski definition) is 3. The van der Waals surface area contributed by atoms with Gasteiger partial charge < -0.3 is 20.9 Å². The molecule has 0 aliphatic carbocycles. The summed E-state index contributed by atoms with van der Waals surface area (Å²) >= 11 is 13.4. The van der Waals surface area contributed by atoms with E-state index >= 15 is 0 Å². The van der Waals surface area contributed by atoms with Gasteiger partial charge in [-0.05, 0) is 72.3 Å². The maximum atomic E-state index is 13.4. The molecule has 0 unspecified atom stereocenters. The van der Waals surface area contributed by atoms with Crippen LogP contribution in [0.3, 0.4) is 0 Å². The number of nitrogens with one attached hydrogen (secondary N) is 3. The van der Waals surface area contributed by atoms with E-state index in [1.54, 1.807) is 66.7 Å². The van der Waals surface area contributed by atoms with Crippen LogP contribution in [0.15, 0.2) is 108 Å². The summed E-state index contributed by atoms with van der Waals surface area (Å²) in [5, 5.41) is 9.19. The maximum absolute atomic E-state index is 13.4. The van der Waals surface area contributed by atoms with Crippen molar-refractivity contribution in [3.8, 4) is 0 Å². The van der Waals surface area contributed by atoms with E-state index in [-0.39, 0.29) is 17.4 Å². The lowest BCUT2D eigenvalue weighted by atomic mass is 10.1. The number of carbonyl (C=O) groups excluding carboxylic acids is 3. The van der Waals surface area contributed by atoms with Gasteiger partial charge in [-0.15, -0.1) is 11.8 Å². The summed E-state index contributed by atoms with van der Waals surface area (Å²) in [5.74, 6) is -1.02. The average Bonchev–Trinajstić information content (AvgIpc) is 2.98. The highest BCUT2D eigenvalue weighted by Crippen LogP contribution is 2.27. The van der Waals surface area contributed by atoms with Crippen LogP contribution in [0.5, 0.6) is 0 Å². The summed E-state index contributed by atoms with van der Waals surface area (Å²) in [7, 11) is 3.88. The second-order valence-corrected chi connectivity index (χ2v) is 11.2. The van der Waals surface area contributed by atoms with E-state index in [4.69, 9.17) is 23.2 Å². The molecule has 0 fully saturated rings. The Balaban J connectivity index is 1.46. The van der Waals surface area contributed by atoms with Crippen LogP contribution in [0.1, 0.15) is 15.9 Å². The Hall–Kier alpha value is -4.24. The second-order valence-electron chi connectivity index (χ2n) is 9.31. The maximum Gasteiger partial charge on any atom is 0.272 e. The fraction of sp³-hybridized carbons (Fsp3) is 0.0938. The minimum Gasteiger partial charge on any atom is -0.378 e. The molecule has 0 heterocycles. The first kappa shape index (κ1) is 30.7. The van der Waals surface area contributed by atoms with Gasteiger partial charge in [-0.25, -0.2) is 0 Å². The first-order valence-corrected chi connectivity index (χ1v) is 14.6. The van der Waals surface area contributed by atoms with Crippen LogP contribution in [0.25, 0.3) is 6.08 Å². The van der Waals surface area contributed by atoms with Gasteiger partial charge in [-0.2, -0.15) is 0 Å². The van der Waals surface area contributed by atoms with Gasteiger partial charge in [-0.1, -0.05) is 59.6 Å². The van der Waals surface area contributed by atoms with Crippen molar-refractivity contribution in [2.45, 2.75) is 4.90 Å². The highest BCUT2D eigenvalue weighted by molar-refractivity contribution is 8.00. The first-order chi connectivity index (χ1) is 20.2. The predicted octanol–water partition coefficient (Wildman–Crippen LogP) is 7.20. The molecule has 0 saturated heterocycles. The van der Waals surface area contributed by atoms with Gasteiger partial charge in [0.15, 0.2) is 0 Å². The number of thioether (sulfide) groups is 1. The normalized spacial score (nSPS) is 11.0. The molecule has 10 heteroatoms. The molecule has 0 aliphatic heterocycles. The van der Waals surface area contributed by atoms with E-state index in [9.17, 15) is 14.4 Å². The number of halogens is 2. The zero-order valence-corrected chi connectivity index (χ0v) is 25.2. The number of rotatable bonds is 10. The van der Waals surface area contributed by atoms with Crippen LogP contribution in [-0.4, -0.2) is 37.6 Å². The van der Waals surface area contributed by atoms with Crippen LogP contribution in [0.4, 0.5) is 17.1 Å². The molecular weight excluding hydrogens is 591 g/mol. The molecule has 0 aliphatic rings. The molecule has 0 aromatic heterocycles. The number of hydrogen-bond acceptors (Lipinski definition) is 5. The summed E-state index contributed by atoms with van der Waals surface area (Å²) in [6, 6.07) is 28.2. The van der Waals surface area contributed by atoms with E-state index in [1.165, 1.54) is 11.8 Å². The average molecular weight is 620 g/mol. The topological polar surface area (TPSA) is 90.5 Å². The van der Waals surface area contributed by atoms with Crippen LogP contribution >= 0.6 is 35.0 Å². The summed E-state index contributed by atoms with van der Waals surface area (Å²) < 4.78 is 0. The standard InChI is InChI=1S/C32H28Cl2N4O3S/c1-38(2)25-14-11-21(12-15-25)17-29(37-31(40)22-7-4-3-5-8-22)32(41)35-24-9-6-10-26(19-24)42-20-30(39)36-28-16-13-23(33)18-27(28)34/h3-19H,20H2,1-2H3,(H,35,41)(H,36,39)(H,37,40)/b29-17+. The zero-order chi connectivity index (χ0) is 30.1. The Kier molecular flexibility index (Phi) is 10.7. The Morgan fingerprint density at radius 3 is 2.26 bits per heavy atom. The molecule has 4 aromatic carbocycles. The lowest BCUT2D eigenvalue weighted by Crippen LogP contribution is -2.30. The minimum atomic E-state index is -0.492. The number of nitrogens with zero attached hydrogens (tertiary/aromatic N) is 1. The third kappa shape index (κ3) is 8.88. The molecule has 7 nitrogen and oxygen atoms in total. The molecule has 0 saturated carbocycles. The SMILES string of the molecule is CN(C)c1ccc(/C=C(/NC(=O)c2ccccc2)C(=O)Nc2cccc(SCC(=O)Nc3ccc(Cl)cc3Cl)c2)cc1. The van der Waals surface area contributed by atoms with Gasteiger partial charge in [0.25, 0.3) is 11.8 Å². The number of amides is 3. The third-order valence-corrected chi connectivity index (χ3v) is 7.46. The van der Waals surface area contributed by atoms with Gasteiger partial charge in [0.2, 0.25) is 5.91 Å². The van der Waals surface area contributed by atoms with Crippen LogP contribution < -0.4 is 20.9 Å². The van der Waals surface area contributed by atoms with E-state index < -0.39 is 11.8 Å². The van der Waals surface area contributed by atoms with Crippen molar-refractivity contribution in [1.29, 1.82) is 0 Å². The monoisotopic (exact) mass is 618 g/mol. The quantitative estimate of drug-likeness (QED) is 0.129. The van der Waals surface area contributed by atoms with Crippen molar-refractivity contribution in [2.75, 3.05) is 35.4 Å². The minimum absolute atomic E-state index is 0.0822. The highest BCUT2D eigenvalue weighted by atomic mass is 35.5. The summed E-state index contributed by atoms with van der Waals surface area (Å²) in [4.78, 5) is 41.5. The molecule has 0 spiro atoms. The highest BCUT2D eigenvalue weighted by Gasteiger charge is 2.16. The first-order valence-electron chi connectivity index (χ1n) is 12.8. The molecule has 42 heavy (non-hydrogen) atoms. The fourth-order valence-corrected chi connectivity index (χ4v) is 4.98. The number of anilines is 3. The number of carbonyl (C=O) groups is 3. The smallest absolute Gasteiger partial charge is 0.272 e. The Morgan fingerprint density at radius 1 is 0.833 bits per heavy atom. The Bertz CT molecular complexity index is 1610. The zero-order valence-electron chi connectivity index (χ0n) is 22.9. The van der Waals surface area contributed by atoms with Crippen molar-refractivity contribution < 1.29 is 14.4 Å². The van der Waals surface area contributed by atoms with Gasteiger partial charge in [0.05, 0.1) is 16.5 Å². The van der Waals surface area contributed by atoms with Crippen LogP contribution in [0, 0.1) is 0 Å². The molecule has 0 bridgehead atoms. The van der Waals surface area contributed by atoms with E-state index in [2.05, 4.69) is 16.0 Å². The molecule has 214 valence electrons. The largest absolute Gasteiger partial charge is 0.378 e. The van der Waals surface area contributed by atoms with E-state index in [1.807, 2.05) is 55.4 Å². The van der Waals surface area contributed by atoms with E-state index in [0.29, 0.717) is 27.0 Å². The van der Waals surface area contributed by atoms with Crippen molar-refractivity contribution >= 4 is 75.8 Å². The Labute approximate surface area is 258 Å².